The maximum absolute atomic E-state index is 12.5. The average molecular weight is 408 g/mol. The molecule has 0 atom stereocenters. The Morgan fingerprint density at radius 3 is 2.34 bits per heavy atom. The van der Waals surface area contributed by atoms with Gasteiger partial charge in [-0.15, -0.1) is 0 Å². The van der Waals surface area contributed by atoms with E-state index in [1.165, 1.54) is 0 Å². The molecular weight excluding hydrogens is 382 g/mol. The van der Waals surface area contributed by atoms with Crippen molar-refractivity contribution < 1.29 is 4.79 Å². The SMILES string of the molecule is Cn1c(-c2ccccc2)nn(CN2CCC(C(=O)Nc3ccccc3)CC2)c1=S. The van der Waals surface area contributed by atoms with Crippen LogP contribution < -0.4 is 5.32 Å². The van der Waals surface area contributed by atoms with E-state index in [2.05, 4.69) is 10.2 Å². The fourth-order valence-corrected chi connectivity index (χ4v) is 3.90. The fourth-order valence-electron chi connectivity index (χ4n) is 3.71. The normalized spacial score (nSPS) is 15.3. The number of aromatic nitrogens is 3. The van der Waals surface area contributed by atoms with Crippen molar-refractivity contribution in [3.63, 3.8) is 0 Å². The van der Waals surface area contributed by atoms with Crippen molar-refractivity contribution in [3.05, 3.63) is 65.4 Å². The smallest absolute Gasteiger partial charge is 0.227 e. The van der Waals surface area contributed by atoms with E-state index in [4.69, 9.17) is 17.3 Å². The number of hydrogen-bond acceptors (Lipinski definition) is 4. The van der Waals surface area contributed by atoms with Gasteiger partial charge in [-0.05, 0) is 37.2 Å². The number of carbonyl (C=O) groups is 1. The minimum absolute atomic E-state index is 0.0445. The summed E-state index contributed by atoms with van der Waals surface area (Å²) in [7, 11) is 1.95. The summed E-state index contributed by atoms with van der Waals surface area (Å²) in [6.45, 7) is 2.35. The van der Waals surface area contributed by atoms with Gasteiger partial charge in [0, 0.05) is 37.3 Å². The Kier molecular flexibility index (Phi) is 5.87. The van der Waals surface area contributed by atoms with E-state index >= 15 is 0 Å². The monoisotopic (exact) mass is 407 g/mol. The lowest BCUT2D eigenvalue weighted by atomic mass is 9.96. The molecule has 6 nitrogen and oxygen atoms in total. The summed E-state index contributed by atoms with van der Waals surface area (Å²) in [5.74, 6) is 1.02. The van der Waals surface area contributed by atoms with E-state index in [1.54, 1.807) is 0 Å². The van der Waals surface area contributed by atoms with E-state index in [0.29, 0.717) is 11.4 Å². The molecule has 0 spiro atoms. The molecule has 3 aromatic rings. The average Bonchev–Trinajstić information content (AvgIpc) is 3.04. The highest BCUT2D eigenvalue weighted by Crippen LogP contribution is 2.21. The molecule has 0 radical (unpaired) electrons. The van der Waals surface area contributed by atoms with E-state index < -0.39 is 0 Å². The van der Waals surface area contributed by atoms with E-state index in [1.807, 2.05) is 77.0 Å². The molecule has 1 fully saturated rings. The summed E-state index contributed by atoms with van der Waals surface area (Å²) in [4.78, 5) is 14.8. The minimum Gasteiger partial charge on any atom is -0.326 e. The van der Waals surface area contributed by atoms with Crippen LogP contribution in [0.4, 0.5) is 5.69 Å². The number of nitrogens with one attached hydrogen (secondary N) is 1. The van der Waals surface area contributed by atoms with Crippen LogP contribution >= 0.6 is 12.2 Å². The number of hydrogen-bond donors (Lipinski definition) is 1. The third kappa shape index (κ3) is 4.46. The summed E-state index contributed by atoms with van der Waals surface area (Å²) >= 11 is 5.59. The van der Waals surface area contributed by atoms with Crippen LogP contribution in [0.1, 0.15) is 12.8 Å². The molecule has 1 aliphatic heterocycles. The quantitative estimate of drug-likeness (QED) is 0.651. The Morgan fingerprint density at radius 2 is 1.69 bits per heavy atom. The number of benzene rings is 2. The van der Waals surface area contributed by atoms with E-state index in [9.17, 15) is 4.79 Å². The topological polar surface area (TPSA) is 55.1 Å². The van der Waals surface area contributed by atoms with Crippen molar-refractivity contribution in [1.29, 1.82) is 0 Å². The summed E-state index contributed by atoms with van der Waals surface area (Å²) in [5, 5.41) is 7.76. The van der Waals surface area contributed by atoms with Gasteiger partial charge in [0.2, 0.25) is 5.91 Å². The molecule has 2 heterocycles. The first-order valence-corrected chi connectivity index (χ1v) is 10.3. The number of anilines is 1. The lowest BCUT2D eigenvalue weighted by Crippen LogP contribution is -2.39. The lowest BCUT2D eigenvalue weighted by Gasteiger charge is -2.30. The van der Waals surface area contributed by atoms with Crippen molar-refractivity contribution >= 4 is 23.8 Å². The number of likely N-dealkylation sites (tertiary alicyclic amines) is 1. The zero-order chi connectivity index (χ0) is 20.2. The number of amides is 1. The third-order valence-electron chi connectivity index (χ3n) is 5.41. The zero-order valence-electron chi connectivity index (χ0n) is 16.5. The standard InChI is InChI=1S/C22H25N5OS/c1-25-20(17-8-4-2-5-9-17)24-27(22(25)29)16-26-14-12-18(13-15-26)21(28)23-19-10-6-3-7-11-19/h2-11,18H,12-16H2,1H3,(H,23,28). The molecule has 1 aromatic heterocycles. The van der Waals surface area contributed by atoms with Gasteiger partial charge < -0.3 is 9.88 Å². The summed E-state index contributed by atoms with van der Waals surface area (Å²) in [5.41, 5.74) is 1.91. The van der Waals surface area contributed by atoms with Crippen molar-refractivity contribution in [3.8, 4) is 11.4 Å². The summed E-state index contributed by atoms with van der Waals surface area (Å²) in [6, 6.07) is 19.7. The van der Waals surface area contributed by atoms with Crippen LogP contribution in [0.2, 0.25) is 0 Å². The first kappa shape index (κ1) is 19.5. The largest absolute Gasteiger partial charge is 0.326 e. The van der Waals surface area contributed by atoms with Crippen LogP contribution in [0, 0.1) is 10.7 Å². The van der Waals surface area contributed by atoms with E-state index in [0.717, 1.165) is 43.0 Å². The molecule has 1 N–H and O–H groups in total. The van der Waals surface area contributed by atoms with Gasteiger partial charge in [-0.3, -0.25) is 9.69 Å². The van der Waals surface area contributed by atoms with Crippen LogP contribution in [0.3, 0.4) is 0 Å². The van der Waals surface area contributed by atoms with Crippen LogP contribution in [-0.4, -0.2) is 38.2 Å². The molecule has 0 unspecified atom stereocenters. The van der Waals surface area contributed by atoms with Gasteiger partial charge >= 0.3 is 0 Å². The van der Waals surface area contributed by atoms with Gasteiger partial charge in [0.1, 0.15) is 0 Å². The second-order valence-corrected chi connectivity index (χ2v) is 7.78. The molecule has 1 saturated heterocycles. The molecule has 2 aromatic carbocycles. The van der Waals surface area contributed by atoms with Crippen LogP contribution in [-0.2, 0) is 18.5 Å². The van der Waals surface area contributed by atoms with Crippen molar-refractivity contribution in [1.82, 2.24) is 19.2 Å². The first-order valence-electron chi connectivity index (χ1n) is 9.89. The second-order valence-electron chi connectivity index (χ2n) is 7.42. The predicted molar refractivity (Wildman–Crippen MR) is 117 cm³/mol. The second kappa shape index (κ2) is 8.71. The fraction of sp³-hybridized carbons (Fsp3) is 0.318. The van der Waals surface area contributed by atoms with Gasteiger partial charge in [0.15, 0.2) is 10.6 Å². The maximum Gasteiger partial charge on any atom is 0.227 e. The number of rotatable bonds is 5. The molecule has 0 saturated carbocycles. The Labute approximate surface area is 175 Å². The van der Waals surface area contributed by atoms with Gasteiger partial charge in [-0.25, -0.2) is 4.68 Å². The minimum atomic E-state index is 0.0445. The van der Waals surface area contributed by atoms with Crippen LogP contribution in [0.5, 0.6) is 0 Å². The predicted octanol–water partition coefficient (Wildman–Crippen LogP) is 3.93. The Bertz CT molecular complexity index is 1020. The highest BCUT2D eigenvalue weighted by Gasteiger charge is 2.25. The van der Waals surface area contributed by atoms with Gasteiger partial charge in [0.25, 0.3) is 0 Å². The van der Waals surface area contributed by atoms with Gasteiger partial charge in [-0.2, -0.15) is 5.10 Å². The molecule has 1 aliphatic rings. The highest BCUT2D eigenvalue weighted by atomic mass is 32.1. The number of para-hydroxylation sites is 1. The summed E-state index contributed by atoms with van der Waals surface area (Å²) < 4.78 is 4.53. The Morgan fingerprint density at radius 1 is 1.07 bits per heavy atom. The summed E-state index contributed by atoms with van der Waals surface area (Å²) in [6.07, 6.45) is 1.68. The molecule has 1 amide bonds. The molecule has 29 heavy (non-hydrogen) atoms. The molecule has 7 heteroatoms. The maximum atomic E-state index is 12.5. The van der Waals surface area contributed by atoms with Gasteiger partial charge in [-0.1, -0.05) is 48.5 Å². The third-order valence-corrected chi connectivity index (χ3v) is 5.89. The van der Waals surface area contributed by atoms with Crippen LogP contribution in [0.15, 0.2) is 60.7 Å². The van der Waals surface area contributed by atoms with Crippen LogP contribution in [0.25, 0.3) is 11.4 Å². The van der Waals surface area contributed by atoms with Crippen molar-refractivity contribution in [2.45, 2.75) is 19.5 Å². The first-order chi connectivity index (χ1) is 14.1. The number of carbonyl (C=O) groups excluding carboxylic acids is 1. The molecule has 0 bridgehead atoms. The highest BCUT2D eigenvalue weighted by molar-refractivity contribution is 7.71. The van der Waals surface area contributed by atoms with Gasteiger partial charge in [0.05, 0.1) is 6.67 Å². The van der Waals surface area contributed by atoms with Crippen molar-refractivity contribution in [2.75, 3.05) is 18.4 Å². The lowest BCUT2D eigenvalue weighted by molar-refractivity contribution is -0.121. The number of nitrogens with zero attached hydrogens (tertiary/aromatic N) is 4. The zero-order valence-corrected chi connectivity index (χ0v) is 17.3. The molecule has 4 rings (SSSR count). The molecule has 0 aliphatic carbocycles. The van der Waals surface area contributed by atoms with E-state index in [-0.39, 0.29) is 11.8 Å². The molecule has 150 valence electrons. The Balaban J connectivity index is 1.37. The van der Waals surface area contributed by atoms with Crippen molar-refractivity contribution in [2.24, 2.45) is 13.0 Å². The molecular formula is C22H25N5OS. The number of piperidine rings is 1. The Hall–Kier alpha value is -2.77.